The number of hydrogen-bond acceptors (Lipinski definition) is 4. The summed E-state index contributed by atoms with van der Waals surface area (Å²) in [6.45, 7) is 5.70. The zero-order valence-corrected chi connectivity index (χ0v) is 19.7. The Kier molecular flexibility index (Phi) is 5.24. The average molecular weight is 481 g/mol. The van der Waals surface area contributed by atoms with Crippen LogP contribution in [0.5, 0.6) is 0 Å². The smallest absolute Gasteiger partial charge is 0.255 e. The summed E-state index contributed by atoms with van der Waals surface area (Å²) in [6.07, 6.45) is 4.27. The Bertz CT molecular complexity index is 1380. The number of hydrogen-bond donors (Lipinski definition) is 1. The quantitative estimate of drug-likeness (QED) is 0.642. The number of piperidine rings is 1. The van der Waals surface area contributed by atoms with Gasteiger partial charge in [0.2, 0.25) is 5.91 Å². The number of likely N-dealkylation sites (tertiary alicyclic amines) is 1. The molecule has 2 aliphatic carbocycles. The molecule has 0 radical (unpaired) electrons. The van der Waals surface area contributed by atoms with Crippen LogP contribution >= 0.6 is 0 Å². The maximum absolute atomic E-state index is 14.2. The molecule has 2 aromatic rings. The lowest BCUT2D eigenvalue weighted by atomic mass is 10.0. The summed E-state index contributed by atoms with van der Waals surface area (Å²) in [7, 11) is -3.49. The predicted molar refractivity (Wildman–Crippen MR) is 125 cm³/mol. The van der Waals surface area contributed by atoms with E-state index in [0.717, 1.165) is 23.8 Å². The molecule has 1 heterocycles. The molecule has 0 aromatic heterocycles. The van der Waals surface area contributed by atoms with Crippen molar-refractivity contribution < 1.29 is 22.4 Å². The zero-order valence-electron chi connectivity index (χ0n) is 18.9. The Morgan fingerprint density at radius 3 is 2.59 bits per heavy atom. The predicted octanol–water partition coefficient (Wildman–Crippen LogP) is 3.49. The number of halogens is 1. The fraction of sp³-hybridized carbons (Fsp3) is 0.308. The van der Waals surface area contributed by atoms with Crippen molar-refractivity contribution in [3.8, 4) is 0 Å². The third-order valence-corrected chi connectivity index (χ3v) is 8.02. The summed E-state index contributed by atoms with van der Waals surface area (Å²) < 4.78 is 38.1. The minimum absolute atomic E-state index is 0.0480. The number of amides is 2. The molecular weight excluding hydrogens is 455 g/mol. The molecule has 6 nitrogen and oxygen atoms in total. The Balaban J connectivity index is 1.41. The van der Waals surface area contributed by atoms with E-state index in [4.69, 9.17) is 0 Å². The third-order valence-electron chi connectivity index (χ3n) is 6.91. The van der Waals surface area contributed by atoms with Crippen molar-refractivity contribution >= 4 is 21.7 Å². The van der Waals surface area contributed by atoms with Crippen LogP contribution in [-0.4, -0.2) is 43.5 Å². The van der Waals surface area contributed by atoms with Crippen LogP contribution in [0.2, 0.25) is 0 Å². The molecule has 4 atom stereocenters. The van der Waals surface area contributed by atoms with Crippen molar-refractivity contribution in [3.63, 3.8) is 0 Å². The largest absolute Gasteiger partial charge is 0.344 e. The normalized spacial score (nSPS) is 23.7. The van der Waals surface area contributed by atoms with E-state index in [2.05, 4.69) is 11.9 Å². The molecule has 5 rings (SSSR count). The topological polar surface area (TPSA) is 83.6 Å². The summed E-state index contributed by atoms with van der Waals surface area (Å²) in [5.41, 5.74) is 3.30. The second-order valence-electron chi connectivity index (χ2n) is 9.32. The van der Waals surface area contributed by atoms with Crippen LogP contribution in [0.25, 0.3) is 0 Å². The number of nitrogens with one attached hydrogen (secondary N) is 1. The van der Waals surface area contributed by atoms with Crippen LogP contribution in [-0.2, 0) is 14.6 Å². The molecule has 2 amide bonds. The number of allylic oxidation sites excluding steroid dienone is 1. The van der Waals surface area contributed by atoms with Gasteiger partial charge in [0.05, 0.1) is 17.0 Å². The van der Waals surface area contributed by atoms with Crippen molar-refractivity contribution in [2.75, 3.05) is 6.26 Å². The first kappa shape index (κ1) is 22.5. The number of nitrogens with zero attached hydrogens (tertiary/aromatic N) is 1. The molecule has 3 aliphatic rings. The van der Waals surface area contributed by atoms with E-state index >= 15 is 0 Å². The summed E-state index contributed by atoms with van der Waals surface area (Å²) in [5, 5.41) is 3.02. The van der Waals surface area contributed by atoms with Gasteiger partial charge in [0, 0.05) is 17.7 Å². The molecule has 8 heteroatoms. The maximum atomic E-state index is 14.2. The van der Waals surface area contributed by atoms with Crippen LogP contribution in [0.4, 0.5) is 4.39 Å². The van der Waals surface area contributed by atoms with Gasteiger partial charge in [-0.3, -0.25) is 9.59 Å². The second kappa shape index (κ2) is 7.91. The summed E-state index contributed by atoms with van der Waals surface area (Å²) in [5.74, 6) is -1.00. The molecule has 2 fully saturated rings. The molecule has 34 heavy (non-hydrogen) atoms. The fourth-order valence-corrected chi connectivity index (χ4v) is 5.45. The van der Waals surface area contributed by atoms with E-state index in [0.29, 0.717) is 17.5 Å². The highest BCUT2D eigenvalue weighted by molar-refractivity contribution is 7.90. The second-order valence-corrected chi connectivity index (χ2v) is 11.3. The van der Waals surface area contributed by atoms with Gasteiger partial charge < -0.3 is 10.2 Å². The SMILES string of the molecule is C=C1[C@@H]2[C@H]1C[C@H](C(=O)N[C@H](C1=CC1)c1ccc(C)c(F)c1)N2C(=O)c1cccc(S(C)(=O)=O)c1. The molecule has 0 spiro atoms. The van der Waals surface area contributed by atoms with Crippen LogP contribution < -0.4 is 5.32 Å². The highest BCUT2D eigenvalue weighted by atomic mass is 32.2. The first-order chi connectivity index (χ1) is 16.1. The highest BCUT2D eigenvalue weighted by Gasteiger charge is 2.59. The van der Waals surface area contributed by atoms with E-state index in [1.54, 1.807) is 25.1 Å². The van der Waals surface area contributed by atoms with E-state index in [-0.39, 0.29) is 34.1 Å². The number of rotatable bonds is 6. The number of carbonyl (C=O) groups is 2. The van der Waals surface area contributed by atoms with Crippen LogP contribution in [0, 0.1) is 18.7 Å². The molecule has 2 aromatic carbocycles. The standard InChI is InChI=1S/C26H25FN2O4S/c1-14-7-8-17(12-21(14)27)23(16-9-10-16)28-25(30)22-13-20-15(2)24(20)29(22)26(31)18-5-4-6-19(11-18)34(3,32)33/h4-9,11-12,20,22-24H,2,10,13H2,1,3H3,(H,28,30)/t20-,22+,23+,24+/m0/s1. The Labute approximate surface area is 198 Å². The zero-order chi connectivity index (χ0) is 24.4. The van der Waals surface area contributed by atoms with Gasteiger partial charge in [0.25, 0.3) is 5.91 Å². The Morgan fingerprint density at radius 2 is 1.94 bits per heavy atom. The van der Waals surface area contributed by atoms with Crippen molar-refractivity contribution in [1.29, 1.82) is 0 Å². The monoisotopic (exact) mass is 480 g/mol. The van der Waals surface area contributed by atoms with E-state index in [9.17, 15) is 22.4 Å². The fourth-order valence-electron chi connectivity index (χ4n) is 4.78. The summed E-state index contributed by atoms with van der Waals surface area (Å²) >= 11 is 0. The molecule has 1 saturated carbocycles. The molecule has 176 valence electrons. The average Bonchev–Trinajstić information content (AvgIpc) is 3.70. The lowest BCUT2D eigenvalue weighted by molar-refractivity contribution is -0.125. The lowest BCUT2D eigenvalue weighted by Gasteiger charge is -2.29. The van der Waals surface area contributed by atoms with Gasteiger partial charge in [-0.2, -0.15) is 0 Å². The maximum Gasteiger partial charge on any atom is 0.255 e. The minimum atomic E-state index is -3.49. The van der Waals surface area contributed by atoms with E-state index < -0.39 is 27.8 Å². The lowest BCUT2D eigenvalue weighted by Crippen LogP contribution is -2.48. The van der Waals surface area contributed by atoms with Gasteiger partial charge in [-0.05, 0) is 66.3 Å². The van der Waals surface area contributed by atoms with Crippen molar-refractivity contribution in [2.45, 2.75) is 42.8 Å². The van der Waals surface area contributed by atoms with Gasteiger partial charge in [-0.1, -0.05) is 30.9 Å². The van der Waals surface area contributed by atoms with E-state index in [1.807, 2.05) is 6.08 Å². The van der Waals surface area contributed by atoms with Gasteiger partial charge in [-0.15, -0.1) is 0 Å². The molecule has 1 aliphatic heterocycles. The van der Waals surface area contributed by atoms with Crippen molar-refractivity contribution in [2.24, 2.45) is 5.92 Å². The number of benzene rings is 2. The minimum Gasteiger partial charge on any atom is -0.344 e. The van der Waals surface area contributed by atoms with Gasteiger partial charge >= 0.3 is 0 Å². The molecule has 0 unspecified atom stereocenters. The van der Waals surface area contributed by atoms with Gasteiger partial charge in [-0.25, -0.2) is 12.8 Å². The summed E-state index contributed by atoms with van der Waals surface area (Å²) in [4.78, 5) is 28.4. The number of aryl methyl sites for hydroxylation is 1. The molecular formula is C26H25FN2O4S. The number of carbonyl (C=O) groups excluding carboxylic acids is 2. The first-order valence-corrected chi connectivity index (χ1v) is 13.0. The highest BCUT2D eigenvalue weighted by Crippen LogP contribution is 2.52. The number of fused-ring (bicyclic) bond motifs is 1. The first-order valence-electron chi connectivity index (χ1n) is 11.1. The number of sulfone groups is 1. The third kappa shape index (κ3) is 3.96. The molecule has 0 bridgehead atoms. The Hall–Kier alpha value is -3.26. The Morgan fingerprint density at radius 1 is 1.21 bits per heavy atom. The van der Waals surface area contributed by atoms with E-state index in [1.165, 1.54) is 29.2 Å². The van der Waals surface area contributed by atoms with Crippen molar-refractivity contribution in [3.05, 3.63) is 88.8 Å². The van der Waals surface area contributed by atoms with Crippen LogP contribution in [0.1, 0.15) is 40.4 Å². The van der Waals surface area contributed by atoms with Crippen LogP contribution in [0.3, 0.4) is 0 Å². The summed E-state index contributed by atoms with van der Waals surface area (Å²) in [6, 6.07) is 9.38. The van der Waals surface area contributed by atoms with Crippen LogP contribution in [0.15, 0.2) is 71.2 Å². The molecule has 1 N–H and O–H groups in total. The van der Waals surface area contributed by atoms with Gasteiger partial charge in [0.15, 0.2) is 9.84 Å². The molecule has 1 saturated heterocycles. The van der Waals surface area contributed by atoms with Crippen molar-refractivity contribution in [1.82, 2.24) is 10.2 Å². The van der Waals surface area contributed by atoms with Gasteiger partial charge in [0.1, 0.15) is 11.9 Å².